The molecular weight excluding hydrogens is 525 g/mol. The number of carbonyl (C=O) groups is 1. The summed E-state index contributed by atoms with van der Waals surface area (Å²) in [6.45, 7) is 3.43. The zero-order valence-corrected chi connectivity index (χ0v) is 22.1. The van der Waals surface area contributed by atoms with Gasteiger partial charge in [0.1, 0.15) is 6.04 Å². The van der Waals surface area contributed by atoms with Gasteiger partial charge in [0, 0.05) is 36.2 Å². The highest BCUT2D eigenvalue weighted by Gasteiger charge is 2.23. The number of aromatic nitrogens is 5. The van der Waals surface area contributed by atoms with E-state index in [0.29, 0.717) is 34.9 Å². The molecule has 1 aliphatic heterocycles. The Hall–Kier alpha value is -3.53. The van der Waals surface area contributed by atoms with Crippen molar-refractivity contribution in [3.05, 3.63) is 93.2 Å². The summed E-state index contributed by atoms with van der Waals surface area (Å²) in [6.07, 6.45) is 5.71. The average molecular weight is 552 g/mol. The number of nitrogens with one attached hydrogen (secondary N) is 1. The van der Waals surface area contributed by atoms with E-state index in [2.05, 4.69) is 25.5 Å². The summed E-state index contributed by atoms with van der Waals surface area (Å²) in [7, 11) is 0. The van der Waals surface area contributed by atoms with Gasteiger partial charge in [0.2, 0.25) is 5.91 Å². The van der Waals surface area contributed by atoms with Crippen molar-refractivity contribution in [2.45, 2.75) is 25.3 Å². The van der Waals surface area contributed by atoms with Crippen molar-refractivity contribution in [3.8, 4) is 16.9 Å². The first-order valence-corrected chi connectivity index (χ1v) is 13.2. The lowest BCUT2D eigenvalue weighted by atomic mass is 10.0. The van der Waals surface area contributed by atoms with Gasteiger partial charge in [-0.1, -0.05) is 58.7 Å². The van der Waals surface area contributed by atoms with Gasteiger partial charge in [0.25, 0.3) is 5.56 Å². The molecule has 0 radical (unpaired) electrons. The third-order valence-electron chi connectivity index (χ3n) is 6.62. The molecule has 2 aromatic heterocycles. The highest BCUT2D eigenvalue weighted by molar-refractivity contribution is 6.31. The van der Waals surface area contributed by atoms with Gasteiger partial charge in [-0.15, -0.1) is 5.10 Å². The van der Waals surface area contributed by atoms with Crippen molar-refractivity contribution < 1.29 is 4.79 Å². The fraction of sp³-hybridized carbons (Fsp3) is 0.296. The van der Waals surface area contributed by atoms with Crippen molar-refractivity contribution in [1.29, 1.82) is 0 Å². The second kappa shape index (κ2) is 11.9. The Morgan fingerprint density at radius 1 is 1.05 bits per heavy atom. The predicted molar refractivity (Wildman–Crippen MR) is 147 cm³/mol. The number of benzene rings is 2. The van der Waals surface area contributed by atoms with Gasteiger partial charge in [0.15, 0.2) is 5.15 Å². The first-order chi connectivity index (χ1) is 18.5. The van der Waals surface area contributed by atoms with E-state index in [0.717, 1.165) is 25.2 Å². The summed E-state index contributed by atoms with van der Waals surface area (Å²) in [6, 6.07) is 15.4. The molecular formula is C27H27Cl2N7O2. The molecule has 38 heavy (non-hydrogen) atoms. The molecule has 0 spiro atoms. The number of hydrogen-bond donors (Lipinski definition) is 1. The molecule has 11 heteroatoms. The van der Waals surface area contributed by atoms with Gasteiger partial charge in [-0.3, -0.25) is 14.2 Å². The smallest absolute Gasteiger partial charge is 0.254 e. The maximum atomic E-state index is 13.4. The van der Waals surface area contributed by atoms with Crippen LogP contribution < -0.4 is 10.9 Å². The highest BCUT2D eigenvalue weighted by atomic mass is 35.5. The number of hydrogen-bond acceptors (Lipinski definition) is 6. The van der Waals surface area contributed by atoms with Crippen molar-refractivity contribution in [2.24, 2.45) is 0 Å². The van der Waals surface area contributed by atoms with Crippen LogP contribution in [0.4, 0.5) is 0 Å². The Balaban J connectivity index is 1.44. The summed E-state index contributed by atoms with van der Waals surface area (Å²) >= 11 is 12.2. The second-order valence-corrected chi connectivity index (χ2v) is 10.0. The molecule has 1 fully saturated rings. The molecule has 1 saturated heterocycles. The van der Waals surface area contributed by atoms with Crippen LogP contribution >= 0.6 is 23.2 Å². The van der Waals surface area contributed by atoms with Crippen LogP contribution in [-0.4, -0.2) is 61.5 Å². The minimum Gasteiger partial charge on any atom is -0.353 e. The quantitative estimate of drug-likeness (QED) is 0.340. The number of amides is 1. The molecule has 1 amide bonds. The lowest BCUT2D eigenvalue weighted by Gasteiger charge is -2.21. The average Bonchev–Trinajstić information content (AvgIpc) is 3.60. The Morgan fingerprint density at radius 2 is 1.84 bits per heavy atom. The lowest BCUT2D eigenvalue weighted by Crippen LogP contribution is -2.41. The Kier molecular flexibility index (Phi) is 8.17. The normalized spacial score (nSPS) is 14.5. The maximum Gasteiger partial charge on any atom is 0.254 e. The van der Waals surface area contributed by atoms with Crippen molar-refractivity contribution in [1.82, 2.24) is 34.8 Å². The van der Waals surface area contributed by atoms with E-state index in [1.54, 1.807) is 24.4 Å². The van der Waals surface area contributed by atoms with Crippen LogP contribution in [0, 0.1) is 0 Å². The summed E-state index contributed by atoms with van der Waals surface area (Å²) in [5, 5.41) is 11.6. The highest BCUT2D eigenvalue weighted by Crippen LogP contribution is 2.28. The predicted octanol–water partition coefficient (Wildman–Crippen LogP) is 3.79. The largest absolute Gasteiger partial charge is 0.353 e. The number of likely N-dealkylation sites (tertiary alicyclic amines) is 1. The maximum absolute atomic E-state index is 13.4. The zero-order valence-electron chi connectivity index (χ0n) is 20.6. The summed E-state index contributed by atoms with van der Waals surface area (Å²) in [5.74, 6) is -0.217. The van der Waals surface area contributed by atoms with Crippen LogP contribution in [0.1, 0.15) is 24.4 Å². The zero-order chi connectivity index (χ0) is 26.5. The first kappa shape index (κ1) is 26.1. The van der Waals surface area contributed by atoms with Gasteiger partial charge in [-0.05, 0) is 49.7 Å². The van der Waals surface area contributed by atoms with Crippen LogP contribution in [0.25, 0.3) is 16.9 Å². The van der Waals surface area contributed by atoms with Gasteiger partial charge in [0.05, 0.1) is 23.9 Å². The van der Waals surface area contributed by atoms with Crippen molar-refractivity contribution >= 4 is 29.1 Å². The lowest BCUT2D eigenvalue weighted by molar-refractivity contribution is -0.124. The number of nitrogens with zero attached hydrogens (tertiary/aromatic N) is 6. The topological polar surface area (TPSA) is 97.9 Å². The first-order valence-electron chi connectivity index (χ1n) is 12.5. The number of carbonyl (C=O) groups excluding carboxylic acids is 1. The monoisotopic (exact) mass is 551 g/mol. The van der Waals surface area contributed by atoms with Gasteiger partial charge >= 0.3 is 0 Å². The molecule has 1 unspecified atom stereocenters. The number of rotatable bonds is 9. The van der Waals surface area contributed by atoms with Crippen molar-refractivity contribution in [2.75, 3.05) is 26.2 Å². The van der Waals surface area contributed by atoms with Gasteiger partial charge in [-0.25, -0.2) is 9.67 Å². The standard InChI is InChI=1S/C27H27Cl2N7O2/c28-20-8-9-23(36-17-25(29)32-33-36)21(15-20)22-16-26(37)35(18-31-22)24(14-19-6-2-1-3-7-19)27(38)30-10-13-34-11-4-5-12-34/h1-3,6-9,15-18,24H,4-5,10-14H2,(H,30,38). The molecule has 0 bridgehead atoms. The summed E-state index contributed by atoms with van der Waals surface area (Å²) < 4.78 is 2.88. The third-order valence-corrected chi connectivity index (χ3v) is 7.03. The fourth-order valence-electron chi connectivity index (χ4n) is 4.68. The third kappa shape index (κ3) is 6.12. The number of halogens is 2. The molecule has 0 aliphatic carbocycles. The Bertz CT molecular complexity index is 1470. The molecule has 5 rings (SSSR count). The van der Waals surface area contributed by atoms with Crippen LogP contribution in [0.3, 0.4) is 0 Å². The van der Waals surface area contributed by atoms with E-state index >= 15 is 0 Å². The van der Waals surface area contributed by atoms with Gasteiger partial charge in [-0.2, -0.15) is 0 Å². The van der Waals surface area contributed by atoms with E-state index in [1.165, 1.54) is 34.5 Å². The van der Waals surface area contributed by atoms with E-state index in [4.69, 9.17) is 23.2 Å². The van der Waals surface area contributed by atoms with E-state index in [-0.39, 0.29) is 16.6 Å². The molecule has 1 aliphatic rings. The molecule has 196 valence electrons. The van der Waals surface area contributed by atoms with Crippen LogP contribution in [-0.2, 0) is 11.2 Å². The Morgan fingerprint density at radius 3 is 2.55 bits per heavy atom. The molecule has 9 nitrogen and oxygen atoms in total. The second-order valence-electron chi connectivity index (χ2n) is 9.21. The molecule has 0 saturated carbocycles. The summed E-state index contributed by atoms with van der Waals surface area (Å²) in [5.41, 5.74) is 2.18. The Labute approximate surface area is 230 Å². The molecule has 3 heterocycles. The molecule has 4 aromatic rings. The van der Waals surface area contributed by atoms with E-state index < -0.39 is 6.04 Å². The van der Waals surface area contributed by atoms with E-state index in [1.807, 2.05) is 30.3 Å². The molecule has 2 aromatic carbocycles. The van der Waals surface area contributed by atoms with E-state index in [9.17, 15) is 9.59 Å². The van der Waals surface area contributed by atoms with Crippen LogP contribution in [0.15, 0.2) is 71.9 Å². The molecule has 1 N–H and O–H groups in total. The fourth-order valence-corrected chi connectivity index (χ4v) is 4.98. The molecule has 1 atom stereocenters. The van der Waals surface area contributed by atoms with Crippen molar-refractivity contribution in [3.63, 3.8) is 0 Å². The SMILES string of the molecule is O=C(NCCN1CCCC1)C(Cc1ccccc1)n1cnc(-c2cc(Cl)ccc2-n2cc(Cl)nn2)cc1=O. The summed E-state index contributed by atoms with van der Waals surface area (Å²) in [4.78, 5) is 33.7. The van der Waals surface area contributed by atoms with Crippen LogP contribution in [0.2, 0.25) is 10.2 Å². The van der Waals surface area contributed by atoms with Gasteiger partial charge < -0.3 is 10.2 Å². The minimum atomic E-state index is -0.752. The van der Waals surface area contributed by atoms with Crippen LogP contribution in [0.5, 0.6) is 0 Å². The minimum absolute atomic E-state index is 0.217.